The van der Waals surface area contributed by atoms with Crippen molar-refractivity contribution in [1.29, 1.82) is 0 Å². The Morgan fingerprint density at radius 3 is 2.26 bits per heavy atom. The molecule has 0 radical (unpaired) electrons. The lowest BCUT2D eigenvalue weighted by Gasteiger charge is -2.30. The van der Waals surface area contributed by atoms with E-state index in [1.165, 1.54) is 7.05 Å². The number of carbonyl (C=O) groups is 1. The Kier molecular flexibility index (Phi) is 8.59. The van der Waals surface area contributed by atoms with Gasteiger partial charge in [-0.3, -0.25) is 9.79 Å². The second-order valence-electron chi connectivity index (χ2n) is 7.05. The van der Waals surface area contributed by atoms with Crippen molar-refractivity contribution in [3.05, 3.63) is 53.7 Å². The van der Waals surface area contributed by atoms with Gasteiger partial charge in [0.05, 0.1) is 5.92 Å². The zero-order valence-corrected chi connectivity index (χ0v) is 17.9. The lowest BCUT2D eigenvalue weighted by atomic mass is 9.78. The molecule has 1 heterocycles. The molecular weight excluding hydrogens is 407 g/mol. The lowest BCUT2D eigenvalue weighted by Crippen LogP contribution is -2.27. The van der Waals surface area contributed by atoms with Gasteiger partial charge in [-0.1, -0.05) is 19.9 Å². The molecule has 0 saturated heterocycles. The molecule has 0 unspecified atom stereocenters. The third kappa shape index (κ3) is 6.29. The largest absolute Gasteiger partial charge is 0.439 e. The van der Waals surface area contributed by atoms with Gasteiger partial charge < -0.3 is 10.5 Å². The van der Waals surface area contributed by atoms with Crippen LogP contribution >= 0.6 is 0 Å². The minimum Gasteiger partial charge on any atom is -0.439 e. The van der Waals surface area contributed by atoms with E-state index < -0.39 is 12.1 Å². The summed E-state index contributed by atoms with van der Waals surface area (Å²) in [6.45, 7) is 4.00. The van der Waals surface area contributed by atoms with Crippen molar-refractivity contribution in [2.75, 3.05) is 7.05 Å². The number of hydrogen-bond acceptors (Lipinski definition) is 4. The van der Waals surface area contributed by atoms with E-state index in [9.17, 15) is 18.0 Å². The van der Waals surface area contributed by atoms with Gasteiger partial charge >= 0.3 is 6.18 Å². The SMILES string of the molecule is CC.CN=C(N)C(=O)c1ccc(Oc2ncccc2C2CCC(C(F)(F)F)CC2)cc1. The molecule has 1 aliphatic carbocycles. The van der Waals surface area contributed by atoms with Gasteiger partial charge in [-0.25, -0.2) is 4.98 Å². The van der Waals surface area contributed by atoms with Crippen molar-refractivity contribution in [3.8, 4) is 11.6 Å². The Morgan fingerprint density at radius 2 is 1.71 bits per heavy atom. The first-order valence-corrected chi connectivity index (χ1v) is 10.4. The Bertz CT molecular complexity index is 888. The summed E-state index contributed by atoms with van der Waals surface area (Å²) in [5.41, 5.74) is 6.72. The molecule has 0 amide bonds. The van der Waals surface area contributed by atoms with Crippen molar-refractivity contribution in [2.24, 2.45) is 16.6 Å². The number of carbonyl (C=O) groups excluding carboxylic acids is 1. The van der Waals surface area contributed by atoms with Crippen LogP contribution in [0.4, 0.5) is 13.2 Å². The number of halogens is 3. The molecule has 1 fully saturated rings. The Labute approximate surface area is 180 Å². The van der Waals surface area contributed by atoms with Gasteiger partial charge in [-0.15, -0.1) is 0 Å². The molecule has 0 bridgehead atoms. The van der Waals surface area contributed by atoms with Crippen LogP contribution in [-0.2, 0) is 0 Å². The average molecular weight is 435 g/mol. The van der Waals surface area contributed by atoms with Crippen molar-refractivity contribution in [1.82, 2.24) is 4.98 Å². The molecule has 3 rings (SSSR count). The smallest absolute Gasteiger partial charge is 0.391 e. The van der Waals surface area contributed by atoms with Gasteiger partial charge in [0.1, 0.15) is 5.75 Å². The summed E-state index contributed by atoms with van der Waals surface area (Å²) in [6, 6.07) is 9.99. The summed E-state index contributed by atoms with van der Waals surface area (Å²) in [5, 5.41) is 0. The molecular formula is C23H28F3N3O2. The number of nitrogens with zero attached hydrogens (tertiary/aromatic N) is 2. The molecule has 0 atom stereocenters. The van der Waals surface area contributed by atoms with Gasteiger partial charge in [0, 0.05) is 24.4 Å². The maximum atomic E-state index is 12.9. The molecule has 0 aliphatic heterocycles. The minimum absolute atomic E-state index is 0.0290. The molecule has 2 N–H and O–H groups in total. The molecule has 0 spiro atoms. The van der Waals surface area contributed by atoms with E-state index in [-0.39, 0.29) is 30.4 Å². The number of ketones is 1. The number of aromatic nitrogens is 1. The maximum Gasteiger partial charge on any atom is 0.391 e. The summed E-state index contributed by atoms with van der Waals surface area (Å²) >= 11 is 0. The van der Waals surface area contributed by atoms with E-state index in [1.54, 1.807) is 36.5 Å². The number of Topliss-reactive ketones (excluding diaryl/α,β-unsaturated/α-hetero) is 1. The molecule has 1 aliphatic rings. The summed E-state index contributed by atoms with van der Waals surface area (Å²) in [4.78, 5) is 20.0. The normalized spacial score (nSPS) is 19.2. The molecule has 1 aromatic heterocycles. The van der Waals surface area contributed by atoms with Crippen LogP contribution < -0.4 is 10.5 Å². The maximum absolute atomic E-state index is 12.9. The number of aliphatic imine (C=N–C) groups is 1. The van der Waals surface area contributed by atoms with E-state index in [4.69, 9.17) is 10.5 Å². The highest BCUT2D eigenvalue weighted by Crippen LogP contribution is 2.44. The van der Waals surface area contributed by atoms with Gasteiger partial charge in [-0.2, -0.15) is 13.2 Å². The zero-order valence-electron chi connectivity index (χ0n) is 17.9. The fraction of sp³-hybridized carbons (Fsp3) is 0.435. The summed E-state index contributed by atoms with van der Waals surface area (Å²) < 4.78 is 44.6. The number of benzene rings is 1. The number of hydrogen-bond donors (Lipinski definition) is 1. The molecule has 1 saturated carbocycles. The zero-order chi connectivity index (χ0) is 23.0. The first-order valence-electron chi connectivity index (χ1n) is 10.4. The van der Waals surface area contributed by atoms with Crippen LogP contribution in [0.5, 0.6) is 11.6 Å². The quantitative estimate of drug-likeness (QED) is 0.360. The van der Waals surface area contributed by atoms with Crippen molar-refractivity contribution >= 4 is 11.6 Å². The number of nitrogens with two attached hydrogens (primary N) is 1. The average Bonchev–Trinajstić information content (AvgIpc) is 2.80. The predicted octanol–water partition coefficient (Wildman–Crippen LogP) is 5.91. The Balaban J connectivity index is 0.00000166. The number of amidine groups is 1. The summed E-state index contributed by atoms with van der Waals surface area (Å²) in [7, 11) is 1.44. The monoisotopic (exact) mass is 435 g/mol. The fourth-order valence-corrected chi connectivity index (χ4v) is 3.57. The van der Waals surface area contributed by atoms with E-state index >= 15 is 0 Å². The highest BCUT2D eigenvalue weighted by Gasteiger charge is 2.41. The number of pyridine rings is 1. The first kappa shape index (κ1) is 24.4. The van der Waals surface area contributed by atoms with Crippen LogP contribution in [-0.4, -0.2) is 29.8 Å². The van der Waals surface area contributed by atoms with Crippen molar-refractivity contribution < 1.29 is 22.7 Å². The third-order valence-corrected chi connectivity index (χ3v) is 5.24. The lowest BCUT2D eigenvalue weighted by molar-refractivity contribution is -0.182. The highest BCUT2D eigenvalue weighted by atomic mass is 19.4. The Morgan fingerprint density at radius 1 is 1.10 bits per heavy atom. The van der Waals surface area contributed by atoms with Gasteiger partial charge in [-0.05, 0) is 61.9 Å². The summed E-state index contributed by atoms with van der Waals surface area (Å²) in [5.74, 6) is -0.879. The summed E-state index contributed by atoms with van der Waals surface area (Å²) in [6.07, 6.45) is -1.45. The fourth-order valence-electron chi connectivity index (χ4n) is 3.57. The number of rotatable bonds is 5. The Hall–Kier alpha value is -2.90. The van der Waals surface area contributed by atoms with Crippen LogP contribution in [0.15, 0.2) is 47.6 Å². The minimum atomic E-state index is -4.13. The second-order valence-corrected chi connectivity index (χ2v) is 7.05. The number of ether oxygens (including phenoxy) is 1. The van der Waals surface area contributed by atoms with E-state index in [2.05, 4.69) is 9.98 Å². The first-order chi connectivity index (χ1) is 14.8. The van der Waals surface area contributed by atoms with E-state index in [1.807, 2.05) is 19.9 Å². The van der Waals surface area contributed by atoms with Crippen molar-refractivity contribution in [2.45, 2.75) is 51.6 Å². The second kappa shape index (κ2) is 10.9. The van der Waals surface area contributed by atoms with Crippen LogP contribution in [0, 0.1) is 5.92 Å². The molecule has 1 aromatic carbocycles. The van der Waals surface area contributed by atoms with Crippen LogP contribution in [0.2, 0.25) is 0 Å². The van der Waals surface area contributed by atoms with E-state index in [0.717, 1.165) is 5.56 Å². The van der Waals surface area contributed by atoms with Crippen LogP contribution in [0.25, 0.3) is 0 Å². The van der Waals surface area contributed by atoms with Crippen molar-refractivity contribution in [3.63, 3.8) is 0 Å². The third-order valence-electron chi connectivity index (χ3n) is 5.24. The molecule has 8 heteroatoms. The van der Waals surface area contributed by atoms with E-state index in [0.29, 0.717) is 30.0 Å². The van der Waals surface area contributed by atoms with Crippen LogP contribution in [0.3, 0.4) is 0 Å². The van der Waals surface area contributed by atoms with Gasteiger partial charge in [0.15, 0.2) is 5.84 Å². The van der Waals surface area contributed by atoms with Gasteiger partial charge in [0.25, 0.3) is 0 Å². The van der Waals surface area contributed by atoms with Gasteiger partial charge in [0.2, 0.25) is 11.7 Å². The molecule has 31 heavy (non-hydrogen) atoms. The molecule has 168 valence electrons. The predicted molar refractivity (Wildman–Crippen MR) is 115 cm³/mol. The van der Waals surface area contributed by atoms with Crippen LogP contribution in [0.1, 0.15) is 61.4 Å². The molecule has 5 nitrogen and oxygen atoms in total. The molecule has 2 aromatic rings. The standard InChI is InChI=1S/C21H22F3N3O2.C2H6/c1-26-19(25)18(28)14-6-10-16(11-7-14)29-20-17(3-2-12-27-20)13-4-8-15(9-5-13)21(22,23)24;1-2/h2-3,6-7,10-13,15H,4-5,8-9H2,1H3,(H2,25,26);1-2H3. The highest BCUT2D eigenvalue weighted by molar-refractivity contribution is 6.44. The number of alkyl halides is 3. The topological polar surface area (TPSA) is 77.6 Å².